The summed E-state index contributed by atoms with van der Waals surface area (Å²) in [5, 5.41) is 6.18. The first-order chi connectivity index (χ1) is 10.8. The minimum atomic E-state index is 0.00656. The summed E-state index contributed by atoms with van der Waals surface area (Å²) in [7, 11) is 0. The normalized spacial score (nSPS) is 21.5. The summed E-state index contributed by atoms with van der Waals surface area (Å²) < 4.78 is 5.35. The fourth-order valence-corrected chi connectivity index (χ4v) is 3.75. The molecular weight excluding hydrogens is 298 g/mol. The Bertz CT molecular complexity index is 648. The van der Waals surface area contributed by atoms with Crippen LogP contribution < -0.4 is 0 Å². The molecule has 5 nitrogen and oxygen atoms in total. The summed E-state index contributed by atoms with van der Waals surface area (Å²) in [5.74, 6) is 2.12. The van der Waals surface area contributed by atoms with E-state index in [1.165, 1.54) is 4.88 Å². The van der Waals surface area contributed by atoms with E-state index in [0.29, 0.717) is 18.2 Å². The van der Waals surface area contributed by atoms with Gasteiger partial charge >= 0.3 is 0 Å². The summed E-state index contributed by atoms with van der Waals surface area (Å²) in [6.07, 6.45) is 5.63. The molecule has 1 atom stereocenters. The van der Waals surface area contributed by atoms with E-state index in [2.05, 4.69) is 21.6 Å². The second kappa shape index (κ2) is 5.83. The minimum Gasteiger partial charge on any atom is -0.339 e. The van der Waals surface area contributed by atoms with Gasteiger partial charge in [-0.25, -0.2) is 0 Å². The zero-order valence-corrected chi connectivity index (χ0v) is 13.2. The highest BCUT2D eigenvalue weighted by Gasteiger charge is 2.35. The topological polar surface area (TPSA) is 59.2 Å². The lowest BCUT2D eigenvalue weighted by Gasteiger charge is -2.22. The van der Waals surface area contributed by atoms with Gasteiger partial charge in [-0.15, -0.1) is 11.3 Å². The molecule has 2 aromatic rings. The third-order valence-electron chi connectivity index (χ3n) is 4.42. The van der Waals surface area contributed by atoms with Gasteiger partial charge in [0, 0.05) is 23.8 Å². The van der Waals surface area contributed by atoms with Gasteiger partial charge in [0.05, 0.1) is 6.04 Å². The number of hydrogen-bond acceptors (Lipinski definition) is 5. The molecule has 2 aromatic heterocycles. The second-order valence-electron chi connectivity index (χ2n) is 6.09. The van der Waals surface area contributed by atoms with Crippen LogP contribution in [0.1, 0.15) is 60.7 Å². The number of aryl methyl sites for hydroxylation is 1. The molecule has 0 spiro atoms. The minimum absolute atomic E-state index is 0.00656. The number of likely N-dealkylation sites (tertiary alicyclic amines) is 1. The highest BCUT2D eigenvalue weighted by atomic mass is 32.1. The van der Waals surface area contributed by atoms with Crippen LogP contribution >= 0.6 is 11.3 Å². The average molecular weight is 317 g/mol. The molecule has 0 unspecified atom stereocenters. The molecule has 1 amide bonds. The highest BCUT2D eigenvalue weighted by Crippen LogP contribution is 2.40. The van der Waals surface area contributed by atoms with Crippen LogP contribution in [0.4, 0.5) is 0 Å². The lowest BCUT2D eigenvalue weighted by Crippen LogP contribution is -2.31. The van der Waals surface area contributed by atoms with E-state index in [0.717, 1.165) is 44.5 Å². The van der Waals surface area contributed by atoms with Crippen molar-refractivity contribution in [3.05, 3.63) is 34.1 Å². The van der Waals surface area contributed by atoms with Crippen molar-refractivity contribution < 1.29 is 9.32 Å². The fourth-order valence-electron chi connectivity index (χ4n) is 3.04. The molecule has 1 aliphatic carbocycles. The zero-order valence-electron chi connectivity index (χ0n) is 12.4. The summed E-state index contributed by atoms with van der Waals surface area (Å²) in [5.41, 5.74) is 0. The van der Waals surface area contributed by atoms with Crippen molar-refractivity contribution >= 4 is 17.2 Å². The van der Waals surface area contributed by atoms with E-state index < -0.39 is 0 Å². The van der Waals surface area contributed by atoms with Crippen molar-refractivity contribution in [2.45, 2.75) is 50.5 Å². The molecular formula is C16H19N3O2S. The highest BCUT2D eigenvalue weighted by molar-refractivity contribution is 7.09. The van der Waals surface area contributed by atoms with Crippen molar-refractivity contribution in [3.63, 3.8) is 0 Å². The molecule has 0 aromatic carbocycles. The molecule has 0 bridgehead atoms. The first-order valence-electron chi connectivity index (χ1n) is 7.96. The van der Waals surface area contributed by atoms with Crippen molar-refractivity contribution in [2.75, 3.05) is 6.54 Å². The van der Waals surface area contributed by atoms with E-state index in [-0.39, 0.29) is 11.9 Å². The van der Waals surface area contributed by atoms with Crippen molar-refractivity contribution in [3.8, 4) is 0 Å². The number of carbonyl (C=O) groups excluding carboxylic acids is 1. The molecule has 1 saturated carbocycles. The van der Waals surface area contributed by atoms with Crippen LogP contribution in [0.15, 0.2) is 22.0 Å². The number of hydrogen-bond donors (Lipinski definition) is 0. The maximum absolute atomic E-state index is 12.5. The smallest absolute Gasteiger partial charge is 0.229 e. The molecule has 22 heavy (non-hydrogen) atoms. The predicted octanol–water partition coefficient (Wildman–Crippen LogP) is 3.30. The summed E-state index contributed by atoms with van der Waals surface area (Å²) in [6.45, 7) is 0.807. The monoisotopic (exact) mass is 317 g/mol. The van der Waals surface area contributed by atoms with Crippen molar-refractivity contribution in [2.24, 2.45) is 0 Å². The Balaban J connectivity index is 1.42. The first-order valence-corrected chi connectivity index (χ1v) is 8.84. The molecule has 116 valence electrons. The second-order valence-corrected chi connectivity index (χ2v) is 7.12. The van der Waals surface area contributed by atoms with Crippen LogP contribution in [-0.2, 0) is 11.2 Å². The van der Waals surface area contributed by atoms with Crippen LogP contribution in [-0.4, -0.2) is 27.5 Å². The molecule has 1 saturated heterocycles. The van der Waals surface area contributed by atoms with Gasteiger partial charge in [0.1, 0.15) is 0 Å². The van der Waals surface area contributed by atoms with Crippen molar-refractivity contribution in [1.29, 1.82) is 0 Å². The summed E-state index contributed by atoms with van der Waals surface area (Å²) in [4.78, 5) is 20.3. The Hall–Kier alpha value is -1.69. The van der Waals surface area contributed by atoms with E-state index in [1.807, 2.05) is 11.0 Å². The molecule has 0 N–H and O–H groups in total. The number of carbonyl (C=O) groups is 1. The molecule has 2 aliphatic rings. The molecule has 6 heteroatoms. The Morgan fingerprint density at radius 1 is 1.41 bits per heavy atom. The Labute approximate surface area is 133 Å². The maximum atomic E-state index is 12.5. The average Bonchev–Trinajstić information content (AvgIpc) is 3.02. The predicted molar refractivity (Wildman–Crippen MR) is 82.6 cm³/mol. The SMILES string of the molecule is O=C(CCc1cccs1)N1CCC[C@@H]1c1noc(C2CC2)n1. The number of thiophene rings is 1. The Morgan fingerprint density at radius 3 is 3.09 bits per heavy atom. The van der Waals surface area contributed by atoms with Gasteiger partial charge in [-0.05, 0) is 43.6 Å². The lowest BCUT2D eigenvalue weighted by atomic mass is 10.2. The van der Waals surface area contributed by atoms with E-state index in [4.69, 9.17) is 4.52 Å². The van der Waals surface area contributed by atoms with Gasteiger partial charge in [0.2, 0.25) is 11.8 Å². The molecule has 3 heterocycles. The van der Waals surface area contributed by atoms with Crippen LogP contribution in [0.3, 0.4) is 0 Å². The lowest BCUT2D eigenvalue weighted by molar-refractivity contribution is -0.132. The van der Waals surface area contributed by atoms with E-state index in [9.17, 15) is 4.79 Å². The Kier molecular flexibility index (Phi) is 3.70. The number of amides is 1. The van der Waals surface area contributed by atoms with E-state index in [1.54, 1.807) is 11.3 Å². The quantitative estimate of drug-likeness (QED) is 0.849. The summed E-state index contributed by atoms with van der Waals surface area (Å²) >= 11 is 1.71. The van der Waals surface area contributed by atoms with Gasteiger partial charge in [0.25, 0.3) is 0 Å². The van der Waals surface area contributed by atoms with Crippen LogP contribution in [0.5, 0.6) is 0 Å². The van der Waals surface area contributed by atoms with Crippen LogP contribution in [0.2, 0.25) is 0 Å². The van der Waals surface area contributed by atoms with Gasteiger partial charge in [-0.2, -0.15) is 4.98 Å². The largest absolute Gasteiger partial charge is 0.339 e. The Morgan fingerprint density at radius 2 is 2.32 bits per heavy atom. The van der Waals surface area contributed by atoms with Crippen LogP contribution in [0.25, 0.3) is 0 Å². The zero-order chi connectivity index (χ0) is 14.9. The number of nitrogens with zero attached hydrogens (tertiary/aromatic N) is 3. The van der Waals surface area contributed by atoms with Gasteiger partial charge in [-0.3, -0.25) is 4.79 Å². The fraction of sp³-hybridized carbons (Fsp3) is 0.562. The maximum Gasteiger partial charge on any atom is 0.229 e. The first kappa shape index (κ1) is 13.9. The molecule has 2 fully saturated rings. The molecule has 0 radical (unpaired) electrons. The van der Waals surface area contributed by atoms with Gasteiger partial charge < -0.3 is 9.42 Å². The third kappa shape index (κ3) is 2.79. The molecule has 1 aliphatic heterocycles. The van der Waals surface area contributed by atoms with Crippen molar-refractivity contribution in [1.82, 2.24) is 15.0 Å². The molecule has 4 rings (SSSR count). The third-order valence-corrected chi connectivity index (χ3v) is 5.36. The number of rotatable bonds is 5. The van der Waals surface area contributed by atoms with Crippen LogP contribution in [0, 0.1) is 0 Å². The van der Waals surface area contributed by atoms with Gasteiger partial charge in [0.15, 0.2) is 5.82 Å². The van der Waals surface area contributed by atoms with Gasteiger partial charge in [-0.1, -0.05) is 11.2 Å². The van der Waals surface area contributed by atoms with E-state index >= 15 is 0 Å². The standard InChI is InChI=1S/C16H19N3O2S/c20-14(8-7-12-3-2-10-22-12)19-9-1-4-13(19)15-17-16(21-18-15)11-5-6-11/h2-3,10-11,13H,1,4-9H2/t13-/m1/s1. The summed E-state index contributed by atoms with van der Waals surface area (Å²) in [6, 6.07) is 4.12. The number of aromatic nitrogens is 2.